The summed E-state index contributed by atoms with van der Waals surface area (Å²) >= 11 is 1.45. The van der Waals surface area contributed by atoms with Crippen molar-refractivity contribution in [3.8, 4) is 5.75 Å². The van der Waals surface area contributed by atoms with Crippen molar-refractivity contribution < 1.29 is 4.74 Å². The molecule has 102 valence electrons. The van der Waals surface area contributed by atoms with Crippen LogP contribution in [-0.2, 0) is 0 Å². The lowest BCUT2D eigenvalue weighted by Crippen LogP contribution is -2.18. The van der Waals surface area contributed by atoms with Crippen LogP contribution < -0.4 is 10.1 Å². The third-order valence-electron chi connectivity index (χ3n) is 3.07. The highest BCUT2D eigenvalue weighted by molar-refractivity contribution is 7.05. The van der Waals surface area contributed by atoms with Gasteiger partial charge in [0.15, 0.2) is 0 Å². The van der Waals surface area contributed by atoms with Gasteiger partial charge in [0.1, 0.15) is 5.75 Å². The second-order valence-electron chi connectivity index (χ2n) is 4.68. The van der Waals surface area contributed by atoms with Crippen LogP contribution >= 0.6 is 11.5 Å². The number of ether oxygens (including phenoxy) is 1. The minimum absolute atomic E-state index is 0.104. The SMILES string of the molecule is CNC(c1cccc(OC)c1)c1snnc1C(C)C. The standard InChI is InChI=1S/C14H19N3OS/c1-9(2)12-14(19-17-16-12)13(15-3)10-6-5-7-11(8-10)18-4/h5-9,13,15H,1-4H3. The smallest absolute Gasteiger partial charge is 0.119 e. The van der Waals surface area contributed by atoms with Crippen molar-refractivity contribution in [3.63, 3.8) is 0 Å². The molecule has 0 saturated heterocycles. The molecule has 1 unspecified atom stereocenters. The molecule has 0 saturated carbocycles. The Morgan fingerprint density at radius 2 is 2.11 bits per heavy atom. The number of aromatic nitrogens is 2. The Kier molecular flexibility index (Phi) is 4.50. The van der Waals surface area contributed by atoms with Crippen LogP contribution in [0.3, 0.4) is 0 Å². The maximum atomic E-state index is 5.29. The second-order valence-corrected chi connectivity index (χ2v) is 5.46. The van der Waals surface area contributed by atoms with E-state index >= 15 is 0 Å². The van der Waals surface area contributed by atoms with Gasteiger partial charge in [0.05, 0.1) is 23.7 Å². The molecule has 1 heterocycles. The second kappa shape index (κ2) is 6.12. The van der Waals surface area contributed by atoms with Gasteiger partial charge >= 0.3 is 0 Å². The van der Waals surface area contributed by atoms with Crippen molar-refractivity contribution >= 4 is 11.5 Å². The lowest BCUT2D eigenvalue weighted by atomic mass is 10.00. The van der Waals surface area contributed by atoms with Crippen molar-refractivity contribution in [2.24, 2.45) is 0 Å². The first kappa shape index (κ1) is 14.0. The minimum atomic E-state index is 0.104. The van der Waals surface area contributed by atoms with Gasteiger partial charge in [-0.3, -0.25) is 0 Å². The molecule has 0 aliphatic rings. The number of benzene rings is 1. The molecule has 19 heavy (non-hydrogen) atoms. The molecule has 2 aromatic rings. The molecular weight excluding hydrogens is 258 g/mol. The van der Waals surface area contributed by atoms with Crippen LogP contribution in [0.25, 0.3) is 0 Å². The number of nitrogens with zero attached hydrogens (tertiary/aromatic N) is 2. The van der Waals surface area contributed by atoms with Crippen molar-refractivity contribution in [1.29, 1.82) is 0 Å². The average Bonchev–Trinajstić information content (AvgIpc) is 2.89. The van der Waals surface area contributed by atoms with Crippen LogP contribution in [-0.4, -0.2) is 23.7 Å². The maximum absolute atomic E-state index is 5.29. The average molecular weight is 277 g/mol. The van der Waals surface area contributed by atoms with Gasteiger partial charge in [-0.15, -0.1) is 5.10 Å². The van der Waals surface area contributed by atoms with Crippen LogP contribution in [0.1, 0.15) is 41.9 Å². The maximum Gasteiger partial charge on any atom is 0.119 e. The van der Waals surface area contributed by atoms with Gasteiger partial charge in [-0.1, -0.05) is 30.5 Å². The zero-order valence-corrected chi connectivity index (χ0v) is 12.5. The van der Waals surface area contributed by atoms with Gasteiger partial charge < -0.3 is 10.1 Å². The van der Waals surface area contributed by atoms with Crippen LogP contribution in [0.15, 0.2) is 24.3 Å². The molecule has 0 amide bonds. The van der Waals surface area contributed by atoms with E-state index in [4.69, 9.17) is 4.74 Å². The van der Waals surface area contributed by atoms with Crippen molar-refractivity contribution in [1.82, 2.24) is 14.9 Å². The Labute approximate surface area is 118 Å². The summed E-state index contributed by atoms with van der Waals surface area (Å²) in [5.41, 5.74) is 2.22. The van der Waals surface area contributed by atoms with E-state index in [0.29, 0.717) is 5.92 Å². The Balaban J connectivity index is 2.41. The summed E-state index contributed by atoms with van der Waals surface area (Å²) in [7, 11) is 3.63. The van der Waals surface area contributed by atoms with Gasteiger partial charge in [-0.2, -0.15) is 0 Å². The molecule has 2 rings (SSSR count). The molecule has 1 N–H and O–H groups in total. The quantitative estimate of drug-likeness (QED) is 0.912. The summed E-state index contributed by atoms with van der Waals surface area (Å²) in [6, 6.07) is 8.19. The molecule has 1 aromatic carbocycles. The molecular formula is C14H19N3OS. The molecule has 0 aliphatic carbocycles. The van der Waals surface area contributed by atoms with E-state index in [2.05, 4.69) is 34.8 Å². The first-order valence-corrected chi connectivity index (χ1v) is 7.08. The van der Waals surface area contributed by atoms with Crippen molar-refractivity contribution in [2.75, 3.05) is 14.2 Å². The minimum Gasteiger partial charge on any atom is -0.497 e. The van der Waals surface area contributed by atoms with E-state index in [1.165, 1.54) is 16.4 Å². The summed E-state index contributed by atoms with van der Waals surface area (Å²) in [6.07, 6.45) is 0. The third kappa shape index (κ3) is 2.93. The van der Waals surface area contributed by atoms with Gasteiger partial charge in [0.25, 0.3) is 0 Å². The fourth-order valence-electron chi connectivity index (χ4n) is 2.08. The van der Waals surface area contributed by atoms with E-state index in [-0.39, 0.29) is 6.04 Å². The van der Waals surface area contributed by atoms with Crippen LogP contribution in [0.4, 0.5) is 0 Å². The number of rotatable bonds is 5. The number of hydrogen-bond donors (Lipinski definition) is 1. The number of methoxy groups -OCH3 is 1. The zero-order chi connectivity index (χ0) is 13.8. The lowest BCUT2D eigenvalue weighted by molar-refractivity contribution is 0.414. The molecule has 1 aromatic heterocycles. The van der Waals surface area contributed by atoms with E-state index in [1.807, 2.05) is 25.2 Å². The first-order valence-electron chi connectivity index (χ1n) is 6.30. The summed E-state index contributed by atoms with van der Waals surface area (Å²) in [4.78, 5) is 1.17. The predicted octanol–water partition coefficient (Wildman–Crippen LogP) is 2.98. The molecule has 5 heteroatoms. The van der Waals surface area contributed by atoms with E-state index < -0.39 is 0 Å². The molecule has 0 spiro atoms. The normalized spacial score (nSPS) is 12.7. The van der Waals surface area contributed by atoms with Crippen molar-refractivity contribution in [2.45, 2.75) is 25.8 Å². The molecule has 1 atom stereocenters. The summed E-state index contributed by atoms with van der Waals surface area (Å²) in [5, 5.41) is 7.59. The lowest BCUT2D eigenvalue weighted by Gasteiger charge is -2.17. The number of hydrogen-bond acceptors (Lipinski definition) is 5. The molecule has 0 bridgehead atoms. The highest BCUT2D eigenvalue weighted by atomic mass is 32.1. The number of nitrogens with one attached hydrogen (secondary N) is 1. The molecule has 0 radical (unpaired) electrons. The highest BCUT2D eigenvalue weighted by Crippen LogP contribution is 2.31. The summed E-state index contributed by atoms with van der Waals surface area (Å²) < 4.78 is 9.39. The van der Waals surface area contributed by atoms with Crippen LogP contribution in [0, 0.1) is 0 Å². The largest absolute Gasteiger partial charge is 0.497 e. The fourth-order valence-corrected chi connectivity index (χ4v) is 3.02. The van der Waals surface area contributed by atoms with Gasteiger partial charge in [-0.05, 0) is 42.2 Å². The van der Waals surface area contributed by atoms with Gasteiger partial charge in [-0.25, -0.2) is 0 Å². The van der Waals surface area contributed by atoms with E-state index in [1.54, 1.807) is 7.11 Å². The summed E-state index contributed by atoms with van der Waals surface area (Å²) in [5.74, 6) is 1.23. The van der Waals surface area contributed by atoms with Gasteiger partial charge in [0, 0.05) is 0 Å². The molecule has 0 aliphatic heterocycles. The predicted molar refractivity (Wildman–Crippen MR) is 77.9 cm³/mol. The molecule has 0 fully saturated rings. The van der Waals surface area contributed by atoms with E-state index in [9.17, 15) is 0 Å². The first-order chi connectivity index (χ1) is 9.17. The third-order valence-corrected chi connectivity index (χ3v) is 3.87. The summed E-state index contributed by atoms with van der Waals surface area (Å²) in [6.45, 7) is 4.27. The topological polar surface area (TPSA) is 47.0 Å². The molecule has 4 nitrogen and oxygen atoms in total. The van der Waals surface area contributed by atoms with Gasteiger partial charge in [0.2, 0.25) is 0 Å². The highest BCUT2D eigenvalue weighted by Gasteiger charge is 2.21. The Bertz CT molecular complexity index is 539. The van der Waals surface area contributed by atoms with Crippen LogP contribution in [0.5, 0.6) is 5.75 Å². The fraction of sp³-hybridized carbons (Fsp3) is 0.429. The zero-order valence-electron chi connectivity index (χ0n) is 11.7. The Morgan fingerprint density at radius 1 is 1.32 bits per heavy atom. The Morgan fingerprint density at radius 3 is 2.74 bits per heavy atom. The monoisotopic (exact) mass is 277 g/mol. The van der Waals surface area contributed by atoms with Crippen molar-refractivity contribution in [3.05, 3.63) is 40.4 Å². The van der Waals surface area contributed by atoms with Crippen LogP contribution in [0.2, 0.25) is 0 Å². The van der Waals surface area contributed by atoms with E-state index in [0.717, 1.165) is 17.0 Å². The Hall–Kier alpha value is -1.46.